The van der Waals surface area contributed by atoms with E-state index in [1.807, 2.05) is 36.2 Å². The Bertz CT molecular complexity index is 768. The van der Waals surface area contributed by atoms with Gasteiger partial charge in [-0.05, 0) is 36.2 Å². The zero-order valence-corrected chi connectivity index (χ0v) is 12.9. The van der Waals surface area contributed by atoms with Crippen LogP contribution in [0.5, 0.6) is 0 Å². The van der Waals surface area contributed by atoms with Gasteiger partial charge >= 0.3 is 0 Å². The summed E-state index contributed by atoms with van der Waals surface area (Å²) in [6.45, 7) is 2.13. The number of rotatable bonds is 4. The van der Waals surface area contributed by atoms with Crippen molar-refractivity contribution in [2.75, 3.05) is 5.73 Å². The molecule has 0 atom stereocenters. The molecule has 0 bridgehead atoms. The molecule has 0 saturated carbocycles. The second kappa shape index (κ2) is 6.19. The minimum Gasteiger partial charge on any atom is -0.398 e. The van der Waals surface area contributed by atoms with E-state index in [1.165, 1.54) is 16.7 Å². The molecule has 3 heteroatoms. The molecule has 0 spiro atoms. The molecule has 0 fully saturated rings. The second-order valence-electron chi connectivity index (χ2n) is 5.20. The molecule has 0 amide bonds. The third-order valence-corrected chi connectivity index (χ3v) is 4.55. The SMILES string of the molecule is Cc1cccc(CSCc2ccc(N)c3cccnc23)c1. The average molecular weight is 294 g/mol. The Morgan fingerprint density at radius 1 is 1.05 bits per heavy atom. The van der Waals surface area contributed by atoms with E-state index in [1.54, 1.807) is 0 Å². The lowest BCUT2D eigenvalue weighted by Gasteiger charge is -2.08. The minimum absolute atomic E-state index is 0.797. The number of thioether (sulfide) groups is 1. The summed E-state index contributed by atoms with van der Waals surface area (Å²) >= 11 is 1.91. The summed E-state index contributed by atoms with van der Waals surface area (Å²) in [4.78, 5) is 4.49. The molecule has 0 radical (unpaired) electrons. The number of fused-ring (bicyclic) bond motifs is 1. The van der Waals surface area contributed by atoms with Crippen LogP contribution in [0.15, 0.2) is 54.7 Å². The van der Waals surface area contributed by atoms with E-state index in [4.69, 9.17) is 5.73 Å². The van der Waals surface area contributed by atoms with Crippen LogP contribution in [0.1, 0.15) is 16.7 Å². The van der Waals surface area contributed by atoms with E-state index in [9.17, 15) is 0 Å². The fourth-order valence-electron chi connectivity index (χ4n) is 2.45. The molecule has 0 aliphatic heterocycles. The van der Waals surface area contributed by atoms with Crippen molar-refractivity contribution in [3.05, 3.63) is 71.4 Å². The normalized spacial score (nSPS) is 10.9. The van der Waals surface area contributed by atoms with E-state index in [-0.39, 0.29) is 0 Å². The van der Waals surface area contributed by atoms with Crippen LogP contribution in [0.2, 0.25) is 0 Å². The highest BCUT2D eigenvalue weighted by Gasteiger charge is 2.05. The molecular formula is C18H18N2S. The fraction of sp³-hybridized carbons (Fsp3) is 0.167. The van der Waals surface area contributed by atoms with Crippen LogP contribution < -0.4 is 5.73 Å². The van der Waals surface area contributed by atoms with Crippen molar-refractivity contribution >= 4 is 28.4 Å². The third-order valence-electron chi connectivity index (χ3n) is 3.50. The molecule has 21 heavy (non-hydrogen) atoms. The summed E-state index contributed by atoms with van der Waals surface area (Å²) in [6, 6.07) is 16.7. The number of hydrogen-bond acceptors (Lipinski definition) is 3. The van der Waals surface area contributed by atoms with Gasteiger partial charge in [-0.3, -0.25) is 4.98 Å². The molecule has 2 nitrogen and oxygen atoms in total. The molecule has 0 unspecified atom stereocenters. The Kier molecular flexibility index (Phi) is 4.11. The highest BCUT2D eigenvalue weighted by Crippen LogP contribution is 2.26. The predicted molar refractivity (Wildman–Crippen MR) is 92.3 cm³/mol. The molecule has 106 valence electrons. The summed E-state index contributed by atoms with van der Waals surface area (Å²) in [5, 5.41) is 1.05. The van der Waals surface area contributed by atoms with Crippen LogP contribution in [0, 0.1) is 6.92 Å². The van der Waals surface area contributed by atoms with Gasteiger partial charge in [-0.25, -0.2) is 0 Å². The summed E-state index contributed by atoms with van der Waals surface area (Å²) in [6.07, 6.45) is 1.83. The van der Waals surface area contributed by atoms with Gasteiger partial charge in [-0.1, -0.05) is 35.9 Å². The Hall–Kier alpha value is -2.00. The molecule has 0 aliphatic rings. The number of anilines is 1. The molecule has 2 N–H and O–H groups in total. The van der Waals surface area contributed by atoms with Gasteiger partial charge in [0, 0.05) is 28.8 Å². The Labute approximate surface area is 129 Å². The number of aromatic nitrogens is 1. The van der Waals surface area contributed by atoms with Gasteiger partial charge in [0.15, 0.2) is 0 Å². The summed E-state index contributed by atoms with van der Waals surface area (Å²) in [7, 11) is 0. The number of hydrogen-bond donors (Lipinski definition) is 1. The Balaban J connectivity index is 1.75. The van der Waals surface area contributed by atoms with E-state index in [0.717, 1.165) is 28.1 Å². The lowest BCUT2D eigenvalue weighted by atomic mass is 10.1. The molecule has 3 rings (SSSR count). The molecule has 0 aliphatic carbocycles. The number of pyridine rings is 1. The van der Waals surface area contributed by atoms with Crippen LogP contribution >= 0.6 is 11.8 Å². The molecular weight excluding hydrogens is 276 g/mol. The second-order valence-corrected chi connectivity index (χ2v) is 6.18. The number of nitrogen functional groups attached to an aromatic ring is 1. The maximum absolute atomic E-state index is 6.01. The fourth-order valence-corrected chi connectivity index (χ4v) is 3.42. The summed E-state index contributed by atoms with van der Waals surface area (Å²) in [5.41, 5.74) is 11.8. The predicted octanol–water partition coefficient (Wildman–Crippen LogP) is 4.56. The minimum atomic E-state index is 0.797. The van der Waals surface area contributed by atoms with Crippen molar-refractivity contribution in [3.8, 4) is 0 Å². The first-order chi connectivity index (χ1) is 10.2. The molecule has 1 aromatic heterocycles. The smallest absolute Gasteiger partial charge is 0.0763 e. The monoisotopic (exact) mass is 294 g/mol. The van der Waals surface area contributed by atoms with Gasteiger partial charge in [-0.15, -0.1) is 0 Å². The number of nitrogens with zero attached hydrogens (tertiary/aromatic N) is 1. The highest BCUT2D eigenvalue weighted by molar-refractivity contribution is 7.97. The van der Waals surface area contributed by atoms with Gasteiger partial charge in [0.05, 0.1) is 5.52 Å². The maximum atomic E-state index is 6.01. The lowest BCUT2D eigenvalue weighted by Crippen LogP contribution is -1.93. The standard InChI is InChI=1S/C18H18N2S/c1-13-4-2-5-14(10-13)11-21-12-15-7-8-17(19)16-6-3-9-20-18(15)16/h2-10H,11-12,19H2,1H3. The number of benzene rings is 2. The maximum Gasteiger partial charge on any atom is 0.0763 e. The number of nitrogens with two attached hydrogens (primary N) is 1. The third kappa shape index (κ3) is 3.19. The molecule has 2 aromatic carbocycles. The zero-order valence-electron chi connectivity index (χ0n) is 12.0. The molecule has 1 heterocycles. The lowest BCUT2D eigenvalue weighted by molar-refractivity contribution is 1.32. The van der Waals surface area contributed by atoms with Crippen molar-refractivity contribution in [3.63, 3.8) is 0 Å². The summed E-state index contributed by atoms with van der Waals surface area (Å²) in [5.74, 6) is 1.96. The first-order valence-corrected chi connectivity index (χ1v) is 8.15. The van der Waals surface area contributed by atoms with E-state index in [0.29, 0.717) is 0 Å². The Morgan fingerprint density at radius 2 is 1.95 bits per heavy atom. The summed E-state index contributed by atoms with van der Waals surface area (Å²) < 4.78 is 0. The molecule has 0 saturated heterocycles. The largest absolute Gasteiger partial charge is 0.398 e. The van der Waals surface area contributed by atoms with E-state index < -0.39 is 0 Å². The topological polar surface area (TPSA) is 38.9 Å². The average Bonchev–Trinajstić information content (AvgIpc) is 2.50. The van der Waals surface area contributed by atoms with Crippen molar-refractivity contribution in [2.45, 2.75) is 18.4 Å². The Morgan fingerprint density at radius 3 is 2.81 bits per heavy atom. The van der Waals surface area contributed by atoms with Gasteiger partial charge in [-0.2, -0.15) is 11.8 Å². The van der Waals surface area contributed by atoms with Crippen molar-refractivity contribution in [1.82, 2.24) is 4.98 Å². The highest BCUT2D eigenvalue weighted by atomic mass is 32.2. The first kappa shape index (κ1) is 14.0. The van der Waals surface area contributed by atoms with Crippen molar-refractivity contribution in [2.24, 2.45) is 0 Å². The van der Waals surface area contributed by atoms with E-state index >= 15 is 0 Å². The van der Waals surface area contributed by atoms with Crippen LogP contribution in [0.4, 0.5) is 5.69 Å². The van der Waals surface area contributed by atoms with Crippen LogP contribution in [0.3, 0.4) is 0 Å². The van der Waals surface area contributed by atoms with Gasteiger partial charge < -0.3 is 5.73 Å². The zero-order chi connectivity index (χ0) is 14.7. The van der Waals surface area contributed by atoms with Gasteiger partial charge in [0.25, 0.3) is 0 Å². The van der Waals surface area contributed by atoms with E-state index in [2.05, 4.69) is 42.2 Å². The van der Waals surface area contributed by atoms with Crippen molar-refractivity contribution < 1.29 is 0 Å². The number of aryl methyl sites for hydroxylation is 1. The quantitative estimate of drug-likeness (QED) is 0.717. The van der Waals surface area contributed by atoms with Crippen LogP contribution in [-0.2, 0) is 11.5 Å². The van der Waals surface area contributed by atoms with Crippen molar-refractivity contribution in [1.29, 1.82) is 0 Å². The van der Waals surface area contributed by atoms with Crippen LogP contribution in [0.25, 0.3) is 10.9 Å². The van der Waals surface area contributed by atoms with Gasteiger partial charge in [0.1, 0.15) is 0 Å². The first-order valence-electron chi connectivity index (χ1n) is 6.99. The van der Waals surface area contributed by atoms with Crippen LogP contribution in [-0.4, -0.2) is 4.98 Å². The van der Waals surface area contributed by atoms with Gasteiger partial charge in [0.2, 0.25) is 0 Å². The molecule has 3 aromatic rings.